The summed E-state index contributed by atoms with van der Waals surface area (Å²) < 4.78 is 18.5. The summed E-state index contributed by atoms with van der Waals surface area (Å²) >= 11 is 0. The molecule has 1 aromatic carbocycles. The number of ether oxygens (including phenoxy) is 1. The quantitative estimate of drug-likeness (QED) is 0.681. The highest BCUT2D eigenvalue weighted by Gasteiger charge is 2.13. The average molecular weight is 282 g/mol. The second kappa shape index (κ2) is 9.44. The third-order valence-corrected chi connectivity index (χ3v) is 3.06. The highest BCUT2D eigenvalue weighted by Crippen LogP contribution is 2.19. The van der Waals surface area contributed by atoms with Crippen molar-refractivity contribution >= 4 is 5.91 Å². The van der Waals surface area contributed by atoms with Crippen molar-refractivity contribution in [2.24, 2.45) is 0 Å². The fourth-order valence-corrected chi connectivity index (χ4v) is 1.97. The van der Waals surface area contributed by atoms with Crippen molar-refractivity contribution in [3.05, 3.63) is 35.6 Å². The van der Waals surface area contributed by atoms with Gasteiger partial charge in [0, 0.05) is 38.2 Å². The lowest BCUT2D eigenvalue weighted by Gasteiger charge is -2.18. The first-order chi connectivity index (χ1) is 9.69. The summed E-state index contributed by atoms with van der Waals surface area (Å²) in [7, 11) is 1.59. The Morgan fingerprint density at radius 1 is 1.35 bits per heavy atom. The molecule has 0 spiro atoms. The van der Waals surface area contributed by atoms with Gasteiger partial charge in [-0.3, -0.25) is 4.79 Å². The Morgan fingerprint density at radius 3 is 2.75 bits per heavy atom. The zero-order chi connectivity index (χ0) is 14.8. The van der Waals surface area contributed by atoms with Crippen molar-refractivity contribution in [1.29, 1.82) is 0 Å². The SMILES string of the molecule is CCC(NCCC(=O)NCCOC)c1ccccc1F. The molecule has 0 aliphatic rings. The molecule has 4 nitrogen and oxygen atoms in total. The monoisotopic (exact) mass is 282 g/mol. The molecule has 0 bridgehead atoms. The molecule has 2 N–H and O–H groups in total. The topological polar surface area (TPSA) is 50.4 Å². The van der Waals surface area contributed by atoms with Gasteiger partial charge in [-0.15, -0.1) is 0 Å². The first kappa shape index (κ1) is 16.6. The zero-order valence-corrected chi connectivity index (χ0v) is 12.1. The molecule has 1 aromatic rings. The van der Waals surface area contributed by atoms with Crippen molar-refractivity contribution in [3.8, 4) is 0 Å². The second-order valence-electron chi connectivity index (χ2n) is 4.53. The number of halogens is 1. The lowest BCUT2D eigenvalue weighted by molar-refractivity contribution is -0.121. The van der Waals surface area contributed by atoms with Crippen LogP contribution in [0.1, 0.15) is 31.4 Å². The maximum absolute atomic E-state index is 13.7. The number of amides is 1. The van der Waals surface area contributed by atoms with Gasteiger partial charge in [0.2, 0.25) is 5.91 Å². The maximum Gasteiger partial charge on any atom is 0.221 e. The summed E-state index contributed by atoms with van der Waals surface area (Å²) in [6.07, 6.45) is 1.14. The zero-order valence-electron chi connectivity index (χ0n) is 12.1. The Hall–Kier alpha value is -1.46. The van der Waals surface area contributed by atoms with Gasteiger partial charge in [0.15, 0.2) is 0 Å². The average Bonchev–Trinajstić information content (AvgIpc) is 2.45. The molecule has 1 amide bonds. The predicted octanol–water partition coefficient (Wildman–Crippen LogP) is 2.02. The van der Waals surface area contributed by atoms with E-state index < -0.39 is 0 Å². The Bertz CT molecular complexity index is 413. The molecule has 20 heavy (non-hydrogen) atoms. The van der Waals surface area contributed by atoms with Crippen LogP contribution in [0, 0.1) is 5.82 Å². The van der Waals surface area contributed by atoms with Crippen LogP contribution in [-0.2, 0) is 9.53 Å². The Morgan fingerprint density at radius 2 is 2.10 bits per heavy atom. The maximum atomic E-state index is 13.7. The van der Waals surface area contributed by atoms with Crippen LogP contribution in [-0.4, -0.2) is 32.7 Å². The smallest absolute Gasteiger partial charge is 0.221 e. The summed E-state index contributed by atoms with van der Waals surface area (Å²) in [6, 6.07) is 6.66. The molecular weight excluding hydrogens is 259 g/mol. The van der Waals surface area contributed by atoms with E-state index in [0.717, 1.165) is 6.42 Å². The van der Waals surface area contributed by atoms with Crippen molar-refractivity contribution < 1.29 is 13.9 Å². The number of benzene rings is 1. The van der Waals surface area contributed by atoms with Crippen LogP contribution >= 0.6 is 0 Å². The van der Waals surface area contributed by atoms with Gasteiger partial charge in [0.1, 0.15) is 5.82 Å². The van der Waals surface area contributed by atoms with E-state index in [9.17, 15) is 9.18 Å². The second-order valence-corrected chi connectivity index (χ2v) is 4.53. The van der Waals surface area contributed by atoms with Crippen LogP contribution in [0.2, 0.25) is 0 Å². The molecule has 0 saturated carbocycles. The van der Waals surface area contributed by atoms with Crippen molar-refractivity contribution in [2.45, 2.75) is 25.8 Å². The minimum atomic E-state index is -0.212. The summed E-state index contributed by atoms with van der Waals surface area (Å²) in [5.41, 5.74) is 0.648. The number of hydrogen-bond donors (Lipinski definition) is 2. The van der Waals surface area contributed by atoms with E-state index in [1.807, 2.05) is 13.0 Å². The van der Waals surface area contributed by atoms with Gasteiger partial charge in [0.05, 0.1) is 6.61 Å². The van der Waals surface area contributed by atoms with Crippen LogP contribution in [0.15, 0.2) is 24.3 Å². The lowest BCUT2D eigenvalue weighted by atomic mass is 10.0. The molecule has 112 valence electrons. The first-order valence-corrected chi connectivity index (χ1v) is 6.92. The molecule has 1 unspecified atom stereocenters. The van der Waals surface area contributed by atoms with Crippen molar-refractivity contribution in [2.75, 3.05) is 26.8 Å². The first-order valence-electron chi connectivity index (χ1n) is 6.92. The molecule has 0 heterocycles. The van der Waals surface area contributed by atoms with E-state index in [1.165, 1.54) is 6.07 Å². The minimum Gasteiger partial charge on any atom is -0.383 e. The van der Waals surface area contributed by atoms with E-state index in [2.05, 4.69) is 10.6 Å². The molecule has 5 heteroatoms. The van der Waals surface area contributed by atoms with Crippen LogP contribution < -0.4 is 10.6 Å². The summed E-state index contributed by atoms with van der Waals surface area (Å²) in [5.74, 6) is -0.241. The standard InChI is InChI=1S/C15H23FN2O2/c1-3-14(12-6-4-5-7-13(12)16)17-9-8-15(19)18-10-11-20-2/h4-7,14,17H,3,8-11H2,1-2H3,(H,18,19). The molecule has 0 aromatic heterocycles. The van der Waals surface area contributed by atoms with E-state index in [-0.39, 0.29) is 17.8 Å². The molecule has 0 radical (unpaired) electrons. The van der Waals surface area contributed by atoms with Gasteiger partial charge in [-0.1, -0.05) is 25.1 Å². The highest BCUT2D eigenvalue weighted by atomic mass is 19.1. The third-order valence-electron chi connectivity index (χ3n) is 3.06. The fraction of sp³-hybridized carbons (Fsp3) is 0.533. The van der Waals surface area contributed by atoms with Gasteiger partial charge in [0.25, 0.3) is 0 Å². The molecular formula is C15H23FN2O2. The molecule has 1 rings (SSSR count). The van der Waals surface area contributed by atoms with E-state index >= 15 is 0 Å². The van der Waals surface area contributed by atoms with Crippen molar-refractivity contribution in [3.63, 3.8) is 0 Å². The number of rotatable bonds is 9. The summed E-state index contributed by atoms with van der Waals surface area (Å²) in [4.78, 5) is 11.5. The number of hydrogen-bond acceptors (Lipinski definition) is 3. The third kappa shape index (κ3) is 5.67. The van der Waals surface area contributed by atoms with Crippen LogP contribution in [0.4, 0.5) is 4.39 Å². The number of methoxy groups -OCH3 is 1. The summed E-state index contributed by atoms with van der Waals surface area (Å²) in [6.45, 7) is 3.53. The predicted molar refractivity (Wildman–Crippen MR) is 76.9 cm³/mol. The Kier molecular flexibility index (Phi) is 7.84. The van der Waals surface area contributed by atoms with Gasteiger partial charge in [-0.2, -0.15) is 0 Å². The summed E-state index contributed by atoms with van der Waals surface area (Å²) in [5, 5.41) is 5.96. The van der Waals surface area contributed by atoms with E-state index in [1.54, 1.807) is 19.2 Å². The minimum absolute atomic E-state index is 0.0297. The molecule has 0 aliphatic carbocycles. The van der Waals surface area contributed by atoms with Gasteiger partial charge < -0.3 is 15.4 Å². The fourth-order valence-electron chi connectivity index (χ4n) is 1.97. The van der Waals surface area contributed by atoms with Crippen molar-refractivity contribution in [1.82, 2.24) is 10.6 Å². The van der Waals surface area contributed by atoms with E-state index in [4.69, 9.17) is 4.74 Å². The number of carbonyl (C=O) groups excluding carboxylic acids is 1. The molecule has 0 fully saturated rings. The molecule has 0 saturated heterocycles. The van der Waals surface area contributed by atoms with Crippen LogP contribution in [0.3, 0.4) is 0 Å². The van der Waals surface area contributed by atoms with Gasteiger partial charge in [-0.05, 0) is 12.5 Å². The number of carbonyl (C=O) groups is 1. The van der Waals surface area contributed by atoms with Crippen LogP contribution in [0.25, 0.3) is 0 Å². The van der Waals surface area contributed by atoms with Gasteiger partial charge >= 0.3 is 0 Å². The van der Waals surface area contributed by atoms with E-state index in [0.29, 0.717) is 31.7 Å². The Balaban J connectivity index is 2.35. The Labute approximate surface area is 119 Å². The molecule has 1 atom stereocenters. The molecule has 0 aliphatic heterocycles. The highest BCUT2D eigenvalue weighted by molar-refractivity contribution is 5.76. The number of nitrogens with one attached hydrogen (secondary N) is 2. The lowest BCUT2D eigenvalue weighted by Crippen LogP contribution is -2.31. The van der Waals surface area contributed by atoms with Gasteiger partial charge in [-0.25, -0.2) is 4.39 Å². The van der Waals surface area contributed by atoms with Crippen LogP contribution in [0.5, 0.6) is 0 Å². The largest absolute Gasteiger partial charge is 0.383 e. The normalized spacial score (nSPS) is 12.2.